The van der Waals surface area contributed by atoms with Crippen molar-refractivity contribution in [1.29, 1.82) is 0 Å². The first-order valence-corrected chi connectivity index (χ1v) is 12.7. The highest BCUT2D eigenvalue weighted by Gasteiger charge is 2.39. The van der Waals surface area contributed by atoms with Gasteiger partial charge in [-0.05, 0) is 50.8 Å². The number of piperazine rings is 1. The second-order valence-corrected chi connectivity index (χ2v) is 10.1. The summed E-state index contributed by atoms with van der Waals surface area (Å²) in [6, 6.07) is 4.42. The smallest absolute Gasteiger partial charge is 0.270 e. The van der Waals surface area contributed by atoms with Crippen LogP contribution in [-0.2, 0) is 9.53 Å². The third kappa shape index (κ3) is 6.06. The van der Waals surface area contributed by atoms with Crippen molar-refractivity contribution in [3.8, 4) is 0 Å². The standard InChI is InChI=1S/C25H40N6O3/c1-4-19-12-22-23(29-24(19)32)11-18(13-26-22)15-30-7-9-31(10-8-30)20-5-6-21(27-14-20)25(33)28-17(2)16-34-3/h5-6,14,17-19,22-23,26H,4,7-13,15-16H2,1-3H3,(H,28,33)(H,29,32)/t17-,18?,19?,22?,23?/m1/s1. The van der Waals surface area contributed by atoms with Crippen LogP contribution in [0.5, 0.6) is 0 Å². The van der Waals surface area contributed by atoms with Gasteiger partial charge < -0.3 is 25.6 Å². The van der Waals surface area contributed by atoms with Gasteiger partial charge in [0.25, 0.3) is 5.91 Å². The maximum atomic E-state index is 12.3. The molecule has 2 amide bonds. The van der Waals surface area contributed by atoms with Crippen LogP contribution in [-0.4, -0.2) is 92.8 Å². The molecule has 5 atom stereocenters. The van der Waals surface area contributed by atoms with Gasteiger partial charge in [0.2, 0.25) is 5.91 Å². The van der Waals surface area contributed by atoms with Crippen molar-refractivity contribution in [2.24, 2.45) is 11.8 Å². The molecular formula is C25H40N6O3. The summed E-state index contributed by atoms with van der Waals surface area (Å²) < 4.78 is 5.07. The molecule has 9 heteroatoms. The molecule has 4 rings (SSSR count). The van der Waals surface area contributed by atoms with Crippen molar-refractivity contribution in [3.63, 3.8) is 0 Å². The van der Waals surface area contributed by atoms with Crippen molar-refractivity contribution in [1.82, 2.24) is 25.8 Å². The number of pyridine rings is 1. The maximum Gasteiger partial charge on any atom is 0.270 e. The highest BCUT2D eigenvalue weighted by molar-refractivity contribution is 5.92. The first kappa shape index (κ1) is 24.9. The number of rotatable bonds is 8. The molecule has 1 aromatic rings. The van der Waals surface area contributed by atoms with E-state index in [0.717, 1.165) is 64.2 Å². The largest absolute Gasteiger partial charge is 0.383 e. The van der Waals surface area contributed by atoms with Crippen LogP contribution >= 0.6 is 0 Å². The summed E-state index contributed by atoms with van der Waals surface area (Å²) in [5.41, 5.74) is 1.48. The summed E-state index contributed by atoms with van der Waals surface area (Å²) in [6.45, 7) is 10.5. The van der Waals surface area contributed by atoms with Crippen molar-refractivity contribution < 1.29 is 14.3 Å². The number of amides is 2. The molecule has 0 bridgehead atoms. The molecule has 188 valence electrons. The molecule has 0 aliphatic carbocycles. The molecule has 3 saturated heterocycles. The van der Waals surface area contributed by atoms with Crippen LogP contribution in [0.3, 0.4) is 0 Å². The van der Waals surface area contributed by atoms with Gasteiger partial charge in [0.1, 0.15) is 5.69 Å². The molecule has 3 N–H and O–H groups in total. The number of ether oxygens (including phenoxy) is 1. The highest BCUT2D eigenvalue weighted by atomic mass is 16.5. The van der Waals surface area contributed by atoms with Gasteiger partial charge in [0.15, 0.2) is 0 Å². The van der Waals surface area contributed by atoms with Crippen LogP contribution in [0.15, 0.2) is 18.3 Å². The van der Waals surface area contributed by atoms with Gasteiger partial charge in [0, 0.05) is 63.9 Å². The SMILES string of the molecule is CCC1CC2NCC(CN3CCN(c4ccc(C(=O)N[C@H](C)COC)nc4)CC3)CC2NC1=O. The minimum absolute atomic E-state index is 0.0556. The molecule has 4 heterocycles. The number of fused-ring (bicyclic) bond motifs is 1. The van der Waals surface area contributed by atoms with E-state index < -0.39 is 0 Å². The van der Waals surface area contributed by atoms with E-state index in [0.29, 0.717) is 24.3 Å². The molecule has 1 aromatic heterocycles. The Labute approximate surface area is 203 Å². The Balaban J connectivity index is 1.22. The Morgan fingerprint density at radius 3 is 2.71 bits per heavy atom. The molecule has 4 unspecified atom stereocenters. The average Bonchev–Trinajstić information content (AvgIpc) is 2.84. The Bertz CT molecular complexity index is 826. The van der Waals surface area contributed by atoms with E-state index in [2.05, 4.69) is 37.7 Å². The lowest BCUT2D eigenvalue weighted by Crippen LogP contribution is -2.62. The predicted molar refractivity (Wildman–Crippen MR) is 132 cm³/mol. The van der Waals surface area contributed by atoms with E-state index in [1.165, 1.54) is 0 Å². The Hall–Kier alpha value is -2.23. The van der Waals surface area contributed by atoms with Crippen LogP contribution in [0.1, 0.15) is 43.6 Å². The number of anilines is 1. The van der Waals surface area contributed by atoms with Gasteiger partial charge in [-0.2, -0.15) is 0 Å². The second-order valence-electron chi connectivity index (χ2n) is 10.1. The quantitative estimate of drug-likeness (QED) is 0.516. The Morgan fingerprint density at radius 1 is 1.24 bits per heavy atom. The van der Waals surface area contributed by atoms with Crippen LogP contribution in [0.25, 0.3) is 0 Å². The minimum Gasteiger partial charge on any atom is -0.383 e. The summed E-state index contributed by atoms with van der Waals surface area (Å²) >= 11 is 0. The van der Waals surface area contributed by atoms with Gasteiger partial charge in [-0.15, -0.1) is 0 Å². The average molecular weight is 473 g/mol. The number of nitrogens with zero attached hydrogens (tertiary/aromatic N) is 3. The third-order valence-electron chi connectivity index (χ3n) is 7.50. The number of carbonyl (C=O) groups is 2. The van der Waals surface area contributed by atoms with Crippen molar-refractivity contribution >= 4 is 17.5 Å². The van der Waals surface area contributed by atoms with Gasteiger partial charge in [-0.25, -0.2) is 4.98 Å². The van der Waals surface area contributed by atoms with Gasteiger partial charge in [-0.1, -0.05) is 6.92 Å². The van der Waals surface area contributed by atoms with E-state index in [-0.39, 0.29) is 29.8 Å². The van der Waals surface area contributed by atoms with E-state index >= 15 is 0 Å². The van der Waals surface area contributed by atoms with Gasteiger partial charge >= 0.3 is 0 Å². The van der Waals surface area contributed by atoms with E-state index in [4.69, 9.17) is 4.74 Å². The van der Waals surface area contributed by atoms with E-state index in [1.807, 2.05) is 13.0 Å². The molecule has 3 fully saturated rings. The number of nitrogens with one attached hydrogen (secondary N) is 3. The lowest BCUT2D eigenvalue weighted by Gasteiger charge is -2.44. The van der Waals surface area contributed by atoms with Crippen molar-refractivity contribution in [2.45, 2.75) is 51.2 Å². The summed E-state index contributed by atoms with van der Waals surface area (Å²) in [5, 5.41) is 9.88. The summed E-state index contributed by atoms with van der Waals surface area (Å²) in [4.78, 5) is 33.9. The first-order valence-electron chi connectivity index (χ1n) is 12.7. The fourth-order valence-corrected chi connectivity index (χ4v) is 5.53. The molecule has 9 nitrogen and oxygen atoms in total. The number of methoxy groups -OCH3 is 1. The summed E-state index contributed by atoms with van der Waals surface area (Å²) in [7, 11) is 1.62. The number of hydrogen-bond acceptors (Lipinski definition) is 7. The predicted octanol–water partition coefficient (Wildman–Crippen LogP) is 0.861. The van der Waals surface area contributed by atoms with Gasteiger partial charge in [0.05, 0.1) is 18.5 Å². The zero-order chi connectivity index (χ0) is 24.1. The number of hydrogen-bond donors (Lipinski definition) is 3. The van der Waals surface area contributed by atoms with Gasteiger partial charge in [-0.3, -0.25) is 14.5 Å². The monoisotopic (exact) mass is 472 g/mol. The van der Waals surface area contributed by atoms with Crippen LogP contribution in [0.2, 0.25) is 0 Å². The normalized spacial score (nSPS) is 28.7. The highest BCUT2D eigenvalue weighted by Crippen LogP contribution is 2.27. The fraction of sp³-hybridized carbons (Fsp3) is 0.720. The zero-order valence-electron chi connectivity index (χ0n) is 20.8. The second kappa shape index (κ2) is 11.5. The first-order chi connectivity index (χ1) is 16.5. The molecule has 34 heavy (non-hydrogen) atoms. The summed E-state index contributed by atoms with van der Waals surface area (Å²) in [5.74, 6) is 0.784. The third-order valence-corrected chi connectivity index (χ3v) is 7.50. The Kier molecular flexibility index (Phi) is 8.39. The number of piperidine rings is 2. The maximum absolute atomic E-state index is 12.3. The lowest BCUT2D eigenvalue weighted by atomic mass is 9.80. The molecule has 3 aliphatic rings. The number of carbonyl (C=O) groups excluding carboxylic acids is 2. The topological polar surface area (TPSA) is 98.8 Å². The minimum atomic E-state index is -0.177. The molecule has 0 saturated carbocycles. The van der Waals surface area contributed by atoms with Crippen molar-refractivity contribution in [2.75, 3.05) is 57.9 Å². The molecule has 0 radical (unpaired) electrons. The van der Waals surface area contributed by atoms with Crippen molar-refractivity contribution in [3.05, 3.63) is 24.0 Å². The lowest BCUT2D eigenvalue weighted by molar-refractivity contribution is -0.129. The molecular weight excluding hydrogens is 432 g/mol. The number of aromatic nitrogens is 1. The molecule has 0 aromatic carbocycles. The molecule has 3 aliphatic heterocycles. The van der Waals surface area contributed by atoms with Crippen LogP contribution in [0, 0.1) is 11.8 Å². The van der Waals surface area contributed by atoms with E-state index in [1.54, 1.807) is 19.4 Å². The zero-order valence-corrected chi connectivity index (χ0v) is 20.8. The summed E-state index contributed by atoms with van der Waals surface area (Å²) in [6.07, 6.45) is 4.76. The Morgan fingerprint density at radius 2 is 2.03 bits per heavy atom. The fourth-order valence-electron chi connectivity index (χ4n) is 5.53. The van der Waals surface area contributed by atoms with E-state index in [9.17, 15) is 9.59 Å². The van der Waals surface area contributed by atoms with Crippen LogP contribution < -0.4 is 20.9 Å². The van der Waals surface area contributed by atoms with Crippen LogP contribution in [0.4, 0.5) is 5.69 Å². The molecule has 0 spiro atoms.